The van der Waals surface area contributed by atoms with Crippen molar-refractivity contribution in [3.63, 3.8) is 0 Å². The van der Waals surface area contributed by atoms with Crippen LogP contribution in [0.2, 0.25) is 0 Å². The van der Waals surface area contributed by atoms with E-state index in [-0.39, 0.29) is 6.67 Å². The van der Waals surface area contributed by atoms with E-state index in [1.165, 1.54) is 25.7 Å². The molecule has 1 saturated heterocycles. The smallest absolute Gasteiger partial charge is 0.107 e. The summed E-state index contributed by atoms with van der Waals surface area (Å²) in [6.07, 6.45) is 8.18. The van der Waals surface area contributed by atoms with Gasteiger partial charge in [0.05, 0.1) is 0 Å². The molecule has 0 amide bonds. The molecule has 0 aromatic rings. The van der Waals surface area contributed by atoms with Gasteiger partial charge >= 0.3 is 0 Å². The van der Waals surface area contributed by atoms with Crippen molar-refractivity contribution in [2.24, 2.45) is 5.73 Å². The van der Waals surface area contributed by atoms with Crippen LogP contribution in [0.25, 0.3) is 0 Å². The number of hydrogen-bond donors (Lipinski definition) is 1. The first-order valence-electron chi connectivity index (χ1n) is 6.32. The van der Waals surface area contributed by atoms with Crippen molar-refractivity contribution in [3.05, 3.63) is 0 Å². The molecule has 1 heterocycles. The molecule has 0 bridgehead atoms. The van der Waals surface area contributed by atoms with Gasteiger partial charge in [-0.25, -0.2) is 4.39 Å². The number of halogens is 1. The van der Waals surface area contributed by atoms with E-state index in [2.05, 4.69) is 4.90 Å². The highest BCUT2D eigenvalue weighted by Crippen LogP contribution is 2.28. The lowest BCUT2D eigenvalue weighted by Gasteiger charge is -2.28. The van der Waals surface area contributed by atoms with Gasteiger partial charge in [-0.3, -0.25) is 0 Å². The van der Waals surface area contributed by atoms with Crippen molar-refractivity contribution in [2.75, 3.05) is 19.8 Å². The molecule has 0 aromatic heterocycles. The first-order valence-corrected chi connectivity index (χ1v) is 6.32. The zero-order valence-corrected chi connectivity index (χ0v) is 9.55. The zero-order chi connectivity index (χ0) is 10.7. The van der Waals surface area contributed by atoms with Crippen LogP contribution in [0.4, 0.5) is 4.39 Å². The van der Waals surface area contributed by atoms with Crippen LogP contribution in [0.1, 0.15) is 44.9 Å². The maximum Gasteiger partial charge on any atom is 0.107 e. The number of nitrogens with two attached hydrogens (primary N) is 1. The minimum atomic E-state index is -0.520. The van der Waals surface area contributed by atoms with Crippen molar-refractivity contribution in [2.45, 2.75) is 56.5 Å². The first kappa shape index (κ1) is 11.3. The molecule has 1 aliphatic carbocycles. The lowest BCUT2D eigenvalue weighted by atomic mass is 9.94. The molecule has 1 aliphatic heterocycles. The molecule has 1 atom stereocenters. The summed E-state index contributed by atoms with van der Waals surface area (Å²) in [7, 11) is 0. The van der Waals surface area contributed by atoms with Crippen LogP contribution in [0.15, 0.2) is 0 Å². The maximum atomic E-state index is 12.8. The highest BCUT2D eigenvalue weighted by molar-refractivity contribution is 4.90. The monoisotopic (exact) mass is 214 g/mol. The van der Waals surface area contributed by atoms with E-state index in [0.717, 1.165) is 38.4 Å². The average Bonchev–Trinajstić information content (AvgIpc) is 2.70. The fourth-order valence-corrected chi connectivity index (χ4v) is 3.01. The molecule has 2 fully saturated rings. The van der Waals surface area contributed by atoms with E-state index < -0.39 is 5.54 Å². The first-order chi connectivity index (χ1) is 7.23. The fraction of sp³-hybridized carbons (Fsp3) is 1.00. The maximum absolute atomic E-state index is 12.8. The van der Waals surface area contributed by atoms with E-state index in [4.69, 9.17) is 5.73 Å². The normalized spacial score (nSPS) is 35.6. The molecule has 0 radical (unpaired) electrons. The molecular weight excluding hydrogens is 191 g/mol. The Kier molecular flexibility index (Phi) is 3.62. The van der Waals surface area contributed by atoms with Crippen LogP contribution in [0.5, 0.6) is 0 Å². The van der Waals surface area contributed by atoms with Crippen LogP contribution < -0.4 is 5.73 Å². The molecule has 2 rings (SSSR count). The molecule has 2 N–H and O–H groups in total. The Balaban J connectivity index is 1.89. The Morgan fingerprint density at radius 3 is 2.53 bits per heavy atom. The number of hydrogen-bond acceptors (Lipinski definition) is 2. The lowest BCUT2D eigenvalue weighted by molar-refractivity contribution is 0.197. The van der Waals surface area contributed by atoms with Crippen LogP contribution in [-0.4, -0.2) is 36.2 Å². The van der Waals surface area contributed by atoms with E-state index in [1.54, 1.807) is 0 Å². The second-order valence-corrected chi connectivity index (χ2v) is 5.32. The molecular formula is C12H23FN2. The third-order valence-electron chi connectivity index (χ3n) is 4.12. The lowest BCUT2D eigenvalue weighted by Crippen LogP contribution is -2.43. The number of nitrogens with zero attached hydrogens (tertiary/aromatic N) is 1. The summed E-state index contributed by atoms with van der Waals surface area (Å²) in [6.45, 7) is 1.78. The van der Waals surface area contributed by atoms with E-state index in [0.29, 0.717) is 0 Å². The highest BCUT2D eigenvalue weighted by atomic mass is 19.1. The van der Waals surface area contributed by atoms with Gasteiger partial charge in [0, 0.05) is 18.1 Å². The highest BCUT2D eigenvalue weighted by Gasteiger charge is 2.31. The Hall–Kier alpha value is -0.150. The second-order valence-electron chi connectivity index (χ2n) is 5.32. The molecule has 2 aliphatic rings. The summed E-state index contributed by atoms with van der Waals surface area (Å²) in [6, 6.07) is 0.770. The van der Waals surface area contributed by atoms with E-state index in [1.807, 2.05) is 0 Å². The fourth-order valence-electron chi connectivity index (χ4n) is 3.01. The Morgan fingerprint density at radius 1 is 1.13 bits per heavy atom. The Morgan fingerprint density at radius 2 is 1.87 bits per heavy atom. The standard InChI is InChI=1S/C12H23FN2/c13-10-12(14)6-3-8-15(9-7-12)11-4-1-2-5-11/h11H,1-10,14H2. The van der Waals surface area contributed by atoms with Crippen molar-refractivity contribution < 1.29 is 4.39 Å². The van der Waals surface area contributed by atoms with Gasteiger partial charge in [-0.05, 0) is 38.6 Å². The van der Waals surface area contributed by atoms with Crippen molar-refractivity contribution in [1.82, 2.24) is 4.90 Å². The second kappa shape index (κ2) is 4.79. The minimum absolute atomic E-state index is 0.356. The Bertz CT molecular complexity index is 204. The third-order valence-corrected chi connectivity index (χ3v) is 4.12. The predicted molar refractivity (Wildman–Crippen MR) is 60.6 cm³/mol. The summed E-state index contributed by atoms with van der Waals surface area (Å²) in [5.74, 6) is 0. The SMILES string of the molecule is NC1(CF)CCCN(C2CCCC2)CC1. The third kappa shape index (κ3) is 2.70. The quantitative estimate of drug-likeness (QED) is 0.762. The van der Waals surface area contributed by atoms with Crippen molar-refractivity contribution in [1.29, 1.82) is 0 Å². The molecule has 0 aromatic carbocycles. The van der Waals surface area contributed by atoms with E-state index >= 15 is 0 Å². The average molecular weight is 214 g/mol. The van der Waals surface area contributed by atoms with Gasteiger partial charge in [-0.15, -0.1) is 0 Å². The summed E-state index contributed by atoms with van der Waals surface area (Å²) >= 11 is 0. The number of rotatable bonds is 2. The van der Waals surface area contributed by atoms with Crippen LogP contribution >= 0.6 is 0 Å². The van der Waals surface area contributed by atoms with Gasteiger partial charge in [0.1, 0.15) is 6.67 Å². The van der Waals surface area contributed by atoms with Crippen LogP contribution in [0.3, 0.4) is 0 Å². The molecule has 88 valence electrons. The van der Waals surface area contributed by atoms with Crippen LogP contribution in [0, 0.1) is 0 Å². The Labute approximate surface area is 92.0 Å². The van der Waals surface area contributed by atoms with Gasteiger partial charge in [-0.1, -0.05) is 12.8 Å². The summed E-state index contributed by atoms with van der Waals surface area (Å²) in [4.78, 5) is 2.55. The number of alkyl halides is 1. The largest absolute Gasteiger partial charge is 0.323 e. The zero-order valence-electron chi connectivity index (χ0n) is 9.55. The predicted octanol–water partition coefficient (Wildman–Crippen LogP) is 2.08. The molecule has 0 spiro atoms. The topological polar surface area (TPSA) is 29.3 Å². The summed E-state index contributed by atoms with van der Waals surface area (Å²) < 4.78 is 12.8. The molecule has 2 nitrogen and oxygen atoms in total. The summed E-state index contributed by atoms with van der Waals surface area (Å²) in [5, 5.41) is 0. The van der Waals surface area contributed by atoms with Crippen molar-refractivity contribution in [3.8, 4) is 0 Å². The molecule has 15 heavy (non-hydrogen) atoms. The van der Waals surface area contributed by atoms with E-state index in [9.17, 15) is 4.39 Å². The summed E-state index contributed by atoms with van der Waals surface area (Å²) in [5.41, 5.74) is 5.50. The minimum Gasteiger partial charge on any atom is -0.323 e. The van der Waals surface area contributed by atoms with Gasteiger partial charge in [0.25, 0.3) is 0 Å². The van der Waals surface area contributed by atoms with Gasteiger partial charge in [-0.2, -0.15) is 0 Å². The van der Waals surface area contributed by atoms with Gasteiger partial charge in [0.2, 0.25) is 0 Å². The van der Waals surface area contributed by atoms with Gasteiger partial charge < -0.3 is 10.6 Å². The molecule has 1 saturated carbocycles. The number of likely N-dealkylation sites (tertiary alicyclic amines) is 1. The molecule has 3 heteroatoms. The molecule has 1 unspecified atom stereocenters. The van der Waals surface area contributed by atoms with Crippen molar-refractivity contribution >= 4 is 0 Å². The van der Waals surface area contributed by atoms with Gasteiger partial charge in [0.15, 0.2) is 0 Å². The van der Waals surface area contributed by atoms with Crippen LogP contribution in [-0.2, 0) is 0 Å².